The molecule has 0 heterocycles. The van der Waals surface area contributed by atoms with Crippen molar-refractivity contribution in [2.24, 2.45) is 4.99 Å². The van der Waals surface area contributed by atoms with Gasteiger partial charge in [0, 0.05) is 23.3 Å². The fraction of sp³-hybridized carbons (Fsp3) is 0.278. The maximum atomic E-state index is 6.35. The summed E-state index contributed by atoms with van der Waals surface area (Å²) in [5.41, 5.74) is 4.53. The predicted molar refractivity (Wildman–Crippen MR) is 92.6 cm³/mol. The summed E-state index contributed by atoms with van der Waals surface area (Å²) in [6, 6.07) is 14.5. The van der Waals surface area contributed by atoms with Gasteiger partial charge in [-0.3, -0.25) is 4.99 Å². The van der Waals surface area contributed by atoms with Crippen molar-refractivity contribution in [2.75, 3.05) is 27.2 Å². The van der Waals surface area contributed by atoms with Gasteiger partial charge >= 0.3 is 21.1 Å². The summed E-state index contributed by atoms with van der Waals surface area (Å²) in [5, 5.41) is 0.738. The van der Waals surface area contributed by atoms with Gasteiger partial charge in [-0.25, -0.2) is 0 Å². The zero-order valence-electron chi connectivity index (χ0n) is 13.5. The summed E-state index contributed by atoms with van der Waals surface area (Å²) >= 11 is 6.35. The minimum absolute atomic E-state index is 0. The monoisotopic (exact) mass is 530 g/mol. The van der Waals surface area contributed by atoms with E-state index in [0.29, 0.717) is 0 Å². The molecule has 0 spiro atoms. The van der Waals surface area contributed by atoms with Gasteiger partial charge in [-0.2, -0.15) is 0 Å². The number of rotatable bonds is 5. The van der Waals surface area contributed by atoms with Gasteiger partial charge in [-0.1, -0.05) is 53.6 Å². The summed E-state index contributed by atoms with van der Waals surface area (Å²) < 4.78 is 0. The van der Waals surface area contributed by atoms with E-state index < -0.39 is 0 Å². The number of nitrogens with zero attached hydrogens (tertiary/aromatic N) is 2. The Morgan fingerprint density at radius 1 is 1.09 bits per heavy atom. The van der Waals surface area contributed by atoms with Gasteiger partial charge in [0.15, 0.2) is 0 Å². The first-order valence-corrected chi connectivity index (χ1v) is 7.46. The third-order valence-corrected chi connectivity index (χ3v) is 3.64. The fourth-order valence-corrected chi connectivity index (χ4v) is 2.29. The van der Waals surface area contributed by atoms with Gasteiger partial charge in [-0.15, -0.1) is 0 Å². The molecular weight excluding hydrogens is 510 g/mol. The minimum atomic E-state index is 0. The quantitative estimate of drug-likeness (QED) is 0.532. The van der Waals surface area contributed by atoms with Gasteiger partial charge in [0.25, 0.3) is 0 Å². The third kappa shape index (κ3) is 6.77. The maximum absolute atomic E-state index is 6.35. The van der Waals surface area contributed by atoms with Gasteiger partial charge in [-0.05, 0) is 38.2 Å². The molecule has 0 bridgehead atoms. The van der Waals surface area contributed by atoms with Crippen LogP contribution >= 0.6 is 11.6 Å². The molecule has 0 fully saturated rings. The molecule has 0 radical (unpaired) electrons. The van der Waals surface area contributed by atoms with Crippen molar-refractivity contribution in [1.29, 1.82) is 0 Å². The number of halogens is 2. The second-order valence-electron chi connectivity index (χ2n) is 5.41. The van der Waals surface area contributed by atoms with Crippen LogP contribution in [0.5, 0.6) is 0 Å². The number of aliphatic imine (C=N–C) groups is 1. The van der Waals surface area contributed by atoms with Crippen molar-refractivity contribution in [1.82, 2.24) is 4.90 Å². The SMILES string of the molecule is Cc1ccc(-c2cccc(Cl)c2C=NCCN(C)C)cc1.[Cl-].[Pt+2]. The number of likely N-dealkylation sites (N-methyl/N-ethyl adjacent to an activating group) is 1. The zero-order valence-corrected chi connectivity index (χ0v) is 17.3. The molecule has 2 rings (SSSR count). The molecule has 0 N–H and O–H groups in total. The number of aryl methyl sites for hydroxylation is 1. The number of benzene rings is 2. The molecular formula is C18H21Cl2N2Pt+. The smallest absolute Gasteiger partial charge is 1.00 e. The Morgan fingerprint density at radius 3 is 2.35 bits per heavy atom. The van der Waals surface area contributed by atoms with Crippen LogP contribution in [-0.2, 0) is 21.1 Å². The Labute approximate surface area is 164 Å². The van der Waals surface area contributed by atoms with Gasteiger partial charge in [0.2, 0.25) is 0 Å². The third-order valence-electron chi connectivity index (χ3n) is 3.31. The van der Waals surface area contributed by atoms with E-state index in [-0.39, 0.29) is 33.5 Å². The Kier molecular flexibility index (Phi) is 10.7. The first kappa shape index (κ1) is 22.3. The molecule has 126 valence electrons. The molecule has 0 atom stereocenters. The topological polar surface area (TPSA) is 15.6 Å². The minimum Gasteiger partial charge on any atom is -1.00 e. The van der Waals surface area contributed by atoms with Crippen LogP contribution in [0.1, 0.15) is 11.1 Å². The molecule has 2 nitrogen and oxygen atoms in total. The Hall–Kier alpha value is -0.662. The average Bonchev–Trinajstić information content (AvgIpc) is 2.45. The van der Waals surface area contributed by atoms with E-state index in [1.807, 2.05) is 32.4 Å². The van der Waals surface area contributed by atoms with Crippen molar-refractivity contribution in [3.63, 3.8) is 0 Å². The van der Waals surface area contributed by atoms with E-state index in [2.05, 4.69) is 47.1 Å². The first-order valence-electron chi connectivity index (χ1n) is 7.08. The van der Waals surface area contributed by atoms with Crippen LogP contribution in [0.4, 0.5) is 0 Å². The summed E-state index contributed by atoms with van der Waals surface area (Å²) in [5.74, 6) is 0. The maximum Gasteiger partial charge on any atom is 2.00 e. The summed E-state index contributed by atoms with van der Waals surface area (Å²) in [6.07, 6.45) is 1.89. The fourth-order valence-electron chi connectivity index (χ4n) is 2.07. The van der Waals surface area contributed by atoms with Gasteiger partial charge in [0.1, 0.15) is 0 Å². The molecule has 2 aromatic carbocycles. The largest absolute Gasteiger partial charge is 2.00 e. The molecule has 0 saturated carbocycles. The van der Waals surface area contributed by atoms with Crippen LogP contribution in [-0.4, -0.2) is 38.3 Å². The molecule has 0 aliphatic carbocycles. The van der Waals surface area contributed by atoms with Crippen LogP contribution in [0.15, 0.2) is 47.5 Å². The van der Waals surface area contributed by atoms with Gasteiger partial charge < -0.3 is 17.3 Å². The second kappa shape index (κ2) is 11.0. The van der Waals surface area contributed by atoms with Gasteiger partial charge in [0.05, 0.1) is 6.54 Å². The molecule has 2 aromatic rings. The standard InChI is InChI=1S/C18H21ClN2.ClH.Pt/c1-14-7-9-15(10-8-14)16-5-4-6-18(19)17(16)13-20-11-12-21(2)3;;/h4-10,13H,11-12H2,1-3H3;1H;/q;;+2/p-1. The van der Waals surface area contributed by atoms with Crippen molar-refractivity contribution in [3.05, 3.63) is 58.6 Å². The van der Waals surface area contributed by atoms with Crippen LogP contribution in [0.2, 0.25) is 5.02 Å². The Balaban J connectivity index is 0.00000242. The molecule has 23 heavy (non-hydrogen) atoms. The van der Waals surface area contributed by atoms with E-state index in [9.17, 15) is 0 Å². The molecule has 0 amide bonds. The average molecular weight is 531 g/mol. The van der Waals surface area contributed by atoms with Crippen molar-refractivity contribution >= 4 is 17.8 Å². The first-order chi connectivity index (χ1) is 10.1. The molecule has 5 heteroatoms. The van der Waals surface area contributed by atoms with Crippen LogP contribution in [0.3, 0.4) is 0 Å². The van der Waals surface area contributed by atoms with E-state index in [1.165, 1.54) is 5.56 Å². The van der Waals surface area contributed by atoms with Crippen molar-refractivity contribution in [3.8, 4) is 11.1 Å². The van der Waals surface area contributed by atoms with Crippen LogP contribution in [0.25, 0.3) is 11.1 Å². The number of hydrogen-bond donors (Lipinski definition) is 0. The molecule has 0 saturated heterocycles. The Bertz CT molecular complexity index is 625. The normalized spacial score (nSPS) is 10.5. The summed E-state index contributed by atoms with van der Waals surface area (Å²) in [6.45, 7) is 3.79. The molecule has 0 aromatic heterocycles. The predicted octanol–water partition coefficient (Wildman–Crippen LogP) is 1.30. The molecule has 0 aliphatic heterocycles. The zero-order chi connectivity index (χ0) is 15.2. The van der Waals surface area contributed by atoms with E-state index in [1.54, 1.807) is 0 Å². The number of hydrogen-bond acceptors (Lipinski definition) is 2. The van der Waals surface area contributed by atoms with E-state index >= 15 is 0 Å². The second-order valence-corrected chi connectivity index (χ2v) is 5.81. The van der Waals surface area contributed by atoms with E-state index in [4.69, 9.17) is 11.6 Å². The molecule has 0 aliphatic rings. The Morgan fingerprint density at radius 2 is 1.74 bits per heavy atom. The van der Waals surface area contributed by atoms with Crippen molar-refractivity contribution < 1.29 is 33.5 Å². The van der Waals surface area contributed by atoms with E-state index in [0.717, 1.165) is 34.8 Å². The summed E-state index contributed by atoms with van der Waals surface area (Å²) in [7, 11) is 4.09. The summed E-state index contributed by atoms with van der Waals surface area (Å²) in [4.78, 5) is 6.61. The van der Waals surface area contributed by atoms with Crippen LogP contribution in [0, 0.1) is 6.92 Å². The van der Waals surface area contributed by atoms with Crippen molar-refractivity contribution in [2.45, 2.75) is 6.92 Å². The van der Waals surface area contributed by atoms with Crippen LogP contribution < -0.4 is 12.4 Å². The molecule has 0 unspecified atom stereocenters.